The molecule has 36 heavy (non-hydrogen) atoms. The van der Waals surface area contributed by atoms with E-state index in [4.69, 9.17) is 14.0 Å². The number of aromatic amines is 1. The number of aliphatic imine (C=N–C) groups is 1. The second kappa shape index (κ2) is 11.2. The lowest BCUT2D eigenvalue weighted by Gasteiger charge is -2.17. The van der Waals surface area contributed by atoms with Crippen molar-refractivity contribution >= 4 is 35.2 Å². The van der Waals surface area contributed by atoms with Crippen LogP contribution in [0.3, 0.4) is 0 Å². The van der Waals surface area contributed by atoms with Crippen LogP contribution in [0, 0.1) is 0 Å². The Hall–Kier alpha value is -3.22. The summed E-state index contributed by atoms with van der Waals surface area (Å²) in [6, 6.07) is 23.0. The normalized spacial score (nSPS) is 12.5. The van der Waals surface area contributed by atoms with Crippen molar-refractivity contribution in [1.29, 1.82) is 0 Å². The van der Waals surface area contributed by atoms with Gasteiger partial charge in [0, 0.05) is 23.0 Å². The van der Waals surface area contributed by atoms with Gasteiger partial charge in [-0.1, -0.05) is 42.5 Å². The van der Waals surface area contributed by atoms with Gasteiger partial charge in [0.2, 0.25) is 0 Å². The predicted octanol–water partition coefficient (Wildman–Crippen LogP) is 6.00. The van der Waals surface area contributed by atoms with Crippen molar-refractivity contribution in [3.63, 3.8) is 0 Å². The van der Waals surface area contributed by atoms with Crippen LogP contribution in [0.2, 0.25) is 0 Å². The molecule has 7 nitrogen and oxygen atoms in total. The molecule has 4 rings (SSSR count). The van der Waals surface area contributed by atoms with E-state index in [1.165, 1.54) is 0 Å². The quantitative estimate of drug-likeness (QED) is 0.204. The van der Waals surface area contributed by atoms with E-state index >= 15 is 0 Å². The Labute approximate surface area is 211 Å². The van der Waals surface area contributed by atoms with Crippen LogP contribution < -0.4 is 5.30 Å². The first kappa shape index (κ1) is 25.9. The summed E-state index contributed by atoms with van der Waals surface area (Å²) in [6.07, 6.45) is 0. The number of hydrogen-bond donors (Lipinski definition) is 2. The van der Waals surface area contributed by atoms with E-state index in [1.54, 1.807) is 32.0 Å². The zero-order valence-electron chi connectivity index (χ0n) is 21.1. The van der Waals surface area contributed by atoms with Gasteiger partial charge in [0.1, 0.15) is 0 Å². The highest BCUT2D eigenvalue weighted by molar-refractivity contribution is 7.62. The lowest BCUT2D eigenvalue weighted by Crippen LogP contribution is -2.11. The van der Waals surface area contributed by atoms with Gasteiger partial charge >= 0.3 is 7.60 Å². The minimum atomic E-state index is -3.52. The maximum absolute atomic E-state index is 13.5. The molecule has 0 atom stereocenters. The van der Waals surface area contributed by atoms with Crippen molar-refractivity contribution in [2.75, 3.05) is 27.3 Å². The van der Waals surface area contributed by atoms with Gasteiger partial charge in [-0.25, -0.2) is 4.99 Å². The molecule has 0 spiro atoms. The second-order valence-corrected chi connectivity index (χ2v) is 10.7. The average Bonchev–Trinajstić information content (AvgIpc) is 3.18. The molecule has 0 aliphatic heterocycles. The molecular weight excluding hydrogens is 473 g/mol. The Balaban J connectivity index is 1.93. The Kier molecular flexibility index (Phi) is 8.07. The summed E-state index contributed by atoms with van der Waals surface area (Å²) in [5.41, 5.74) is 4.56. The van der Waals surface area contributed by atoms with Gasteiger partial charge in [-0.2, -0.15) is 0 Å². The first-order valence-corrected chi connectivity index (χ1v) is 13.5. The van der Waals surface area contributed by atoms with Crippen LogP contribution in [-0.4, -0.2) is 48.0 Å². The number of fused-ring (bicyclic) bond motifs is 1. The van der Waals surface area contributed by atoms with Crippen LogP contribution in [-0.2, 0) is 20.2 Å². The summed E-state index contributed by atoms with van der Waals surface area (Å²) >= 11 is 0. The molecule has 1 aromatic heterocycles. The molecule has 4 aromatic rings. The van der Waals surface area contributed by atoms with E-state index in [2.05, 4.69) is 16.0 Å². The number of hydrogen-bond acceptors (Lipinski definition) is 6. The van der Waals surface area contributed by atoms with Crippen molar-refractivity contribution in [2.24, 2.45) is 4.99 Å². The molecule has 0 unspecified atom stereocenters. The predicted molar refractivity (Wildman–Crippen MR) is 146 cm³/mol. The highest BCUT2D eigenvalue weighted by Crippen LogP contribution is 2.47. The molecule has 1 heterocycles. The van der Waals surface area contributed by atoms with E-state index in [1.807, 2.05) is 62.6 Å². The molecule has 0 bridgehead atoms. The van der Waals surface area contributed by atoms with Crippen LogP contribution >= 0.6 is 7.60 Å². The third-order valence-electron chi connectivity index (χ3n) is 5.61. The molecule has 2 N–H and O–H groups in total. The van der Waals surface area contributed by atoms with Gasteiger partial charge in [-0.3, -0.25) is 4.57 Å². The molecule has 8 heteroatoms. The number of H-pyrrole nitrogens is 1. The summed E-state index contributed by atoms with van der Waals surface area (Å²) in [6.45, 7) is 4.85. The second-order valence-electron chi connectivity index (χ2n) is 8.65. The first-order chi connectivity index (χ1) is 17.3. The fraction of sp³-hybridized carbons (Fsp3) is 0.250. The molecule has 0 saturated carbocycles. The largest absolute Gasteiger partial charge is 0.494 e. The maximum Gasteiger partial charge on any atom is 0.361 e. The number of aromatic nitrogens is 1. The number of nitrogens with zero attached hydrogens (tertiary/aromatic N) is 2. The molecule has 0 fully saturated rings. The molecule has 188 valence electrons. The van der Waals surface area contributed by atoms with Crippen molar-refractivity contribution in [2.45, 2.75) is 20.4 Å². The average molecular weight is 506 g/mol. The fourth-order valence-electron chi connectivity index (χ4n) is 4.18. The van der Waals surface area contributed by atoms with Crippen molar-refractivity contribution in [1.82, 2.24) is 9.88 Å². The summed E-state index contributed by atoms with van der Waals surface area (Å²) in [5, 5.41) is 12.2. The molecule has 0 aliphatic rings. The standard InChI is InChI=1S/C28H32N3O4P/c1-5-34-36(33,35-6-2)23-15-16-25-24(18-23)26(28(32)30-25)27(21-12-8-7-9-13-21)29-22-14-10-11-20(17-22)19-31(3)4/h7-18,30,32H,5-6,19H2,1-4H3. The summed E-state index contributed by atoms with van der Waals surface area (Å²) in [5.74, 6) is -0.0168. The van der Waals surface area contributed by atoms with Gasteiger partial charge in [-0.05, 0) is 63.8 Å². The molecule has 3 aromatic carbocycles. The van der Waals surface area contributed by atoms with E-state index in [9.17, 15) is 9.67 Å². The van der Waals surface area contributed by atoms with E-state index in [0.717, 1.165) is 23.4 Å². The minimum absolute atomic E-state index is 0.0168. The summed E-state index contributed by atoms with van der Waals surface area (Å²) in [4.78, 5) is 10.1. The monoisotopic (exact) mass is 505 g/mol. The van der Waals surface area contributed by atoms with Crippen LogP contribution in [0.5, 0.6) is 5.88 Å². The van der Waals surface area contributed by atoms with Gasteiger partial charge in [0.05, 0.1) is 35.5 Å². The lowest BCUT2D eigenvalue weighted by molar-refractivity contribution is 0.230. The van der Waals surface area contributed by atoms with E-state index < -0.39 is 7.60 Å². The van der Waals surface area contributed by atoms with Gasteiger partial charge in [0.25, 0.3) is 0 Å². The van der Waals surface area contributed by atoms with E-state index in [0.29, 0.717) is 27.5 Å². The SMILES string of the molecule is CCOP(=O)(OCC)c1ccc2[nH]c(O)c(C(=Nc3cccc(CN(C)C)c3)c3ccccc3)c2c1. The van der Waals surface area contributed by atoms with E-state index in [-0.39, 0.29) is 19.1 Å². The third kappa shape index (κ3) is 5.61. The van der Waals surface area contributed by atoms with Crippen LogP contribution in [0.15, 0.2) is 77.8 Å². The zero-order valence-corrected chi connectivity index (χ0v) is 22.0. The Morgan fingerprint density at radius 3 is 2.36 bits per heavy atom. The van der Waals surface area contributed by atoms with Crippen molar-refractivity contribution < 1.29 is 18.7 Å². The Morgan fingerprint density at radius 2 is 1.69 bits per heavy atom. The zero-order chi connectivity index (χ0) is 25.7. The number of benzene rings is 3. The van der Waals surface area contributed by atoms with Gasteiger partial charge < -0.3 is 24.0 Å². The van der Waals surface area contributed by atoms with Crippen molar-refractivity contribution in [3.8, 4) is 5.88 Å². The summed E-state index contributed by atoms with van der Waals surface area (Å²) < 4.78 is 24.6. The smallest absolute Gasteiger partial charge is 0.361 e. The van der Waals surface area contributed by atoms with Crippen LogP contribution in [0.1, 0.15) is 30.5 Å². The number of aromatic hydroxyl groups is 1. The maximum atomic E-state index is 13.5. The molecule has 0 saturated heterocycles. The minimum Gasteiger partial charge on any atom is -0.494 e. The van der Waals surface area contributed by atoms with Gasteiger partial charge in [-0.15, -0.1) is 0 Å². The highest BCUT2D eigenvalue weighted by Gasteiger charge is 2.28. The third-order valence-corrected chi connectivity index (χ3v) is 7.72. The fourth-order valence-corrected chi connectivity index (χ4v) is 5.78. The Bertz CT molecular complexity index is 1400. The summed E-state index contributed by atoms with van der Waals surface area (Å²) in [7, 11) is 0.532. The number of nitrogens with one attached hydrogen (secondary N) is 1. The highest BCUT2D eigenvalue weighted by atomic mass is 31.2. The Morgan fingerprint density at radius 1 is 0.972 bits per heavy atom. The number of rotatable bonds is 10. The molecule has 0 amide bonds. The van der Waals surface area contributed by atoms with Crippen LogP contribution in [0.25, 0.3) is 10.9 Å². The molecule has 0 aliphatic carbocycles. The van der Waals surface area contributed by atoms with Gasteiger partial charge in [0.15, 0.2) is 5.88 Å². The first-order valence-electron chi connectivity index (χ1n) is 12.0. The topological polar surface area (TPSA) is 87.1 Å². The molecule has 0 radical (unpaired) electrons. The lowest BCUT2D eigenvalue weighted by atomic mass is 10.0. The van der Waals surface area contributed by atoms with Crippen LogP contribution in [0.4, 0.5) is 5.69 Å². The molecular formula is C28H32N3O4P. The van der Waals surface area contributed by atoms with Crippen molar-refractivity contribution in [3.05, 3.63) is 89.5 Å².